The molecular weight excluding hydrogens is 356 g/mol. The van der Waals surface area contributed by atoms with Gasteiger partial charge in [0.2, 0.25) is 0 Å². The monoisotopic (exact) mass is 364 g/mol. The molecule has 0 spiro atoms. The Morgan fingerprint density at radius 2 is 1.88 bits per heavy atom. The molecule has 24 heavy (non-hydrogen) atoms. The molecule has 3 rings (SSSR count). The normalized spacial score (nSPS) is 11.4. The van der Waals surface area contributed by atoms with E-state index in [2.05, 4.69) is 4.98 Å². The number of hydrogen-bond donors (Lipinski definition) is 0. The highest BCUT2D eigenvalue weighted by Crippen LogP contribution is 2.31. The van der Waals surface area contributed by atoms with Crippen molar-refractivity contribution in [3.8, 4) is 5.75 Å². The summed E-state index contributed by atoms with van der Waals surface area (Å²) in [7, 11) is -4.44. The highest BCUT2D eigenvalue weighted by Gasteiger charge is 2.28. The maximum absolute atomic E-state index is 12.5. The van der Waals surface area contributed by atoms with E-state index in [4.69, 9.17) is 15.8 Å². The van der Waals surface area contributed by atoms with Crippen LogP contribution in [-0.4, -0.2) is 18.3 Å². The standard InChI is InChI=1S/C15H9ClN2O5S/c16-11-6-7-14(12(9-11)18(19)20)24(21,22)23-13-5-1-3-10-4-2-8-17-15(10)13/h1-9H. The van der Waals surface area contributed by atoms with Gasteiger partial charge in [0, 0.05) is 22.7 Å². The third-order valence-electron chi connectivity index (χ3n) is 3.18. The number of fused-ring (bicyclic) bond motifs is 1. The van der Waals surface area contributed by atoms with E-state index in [1.807, 2.05) is 0 Å². The van der Waals surface area contributed by atoms with Gasteiger partial charge in [0.25, 0.3) is 5.69 Å². The molecule has 3 aromatic rings. The number of benzene rings is 2. The Morgan fingerprint density at radius 1 is 1.12 bits per heavy atom. The summed E-state index contributed by atoms with van der Waals surface area (Å²) >= 11 is 5.70. The minimum atomic E-state index is -4.44. The van der Waals surface area contributed by atoms with Crippen molar-refractivity contribution in [1.82, 2.24) is 4.98 Å². The predicted octanol–water partition coefficient (Wildman–Crippen LogP) is 3.56. The summed E-state index contributed by atoms with van der Waals surface area (Å²) in [6.07, 6.45) is 1.49. The molecule has 0 unspecified atom stereocenters. The molecular formula is C15H9ClN2O5S. The Balaban J connectivity index is 2.11. The van der Waals surface area contributed by atoms with E-state index in [-0.39, 0.29) is 10.8 Å². The van der Waals surface area contributed by atoms with Gasteiger partial charge in [-0.15, -0.1) is 0 Å². The van der Waals surface area contributed by atoms with Crippen molar-refractivity contribution in [2.45, 2.75) is 4.90 Å². The molecule has 2 aromatic carbocycles. The summed E-state index contributed by atoms with van der Waals surface area (Å²) in [5.41, 5.74) is -0.323. The van der Waals surface area contributed by atoms with Crippen LogP contribution in [0.5, 0.6) is 5.75 Å². The van der Waals surface area contributed by atoms with Crippen molar-refractivity contribution in [2.75, 3.05) is 0 Å². The third-order valence-corrected chi connectivity index (χ3v) is 4.70. The van der Waals surface area contributed by atoms with Gasteiger partial charge in [0.1, 0.15) is 5.52 Å². The van der Waals surface area contributed by atoms with Gasteiger partial charge < -0.3 is 4.18 Å². The Labute approximate surface area is 141 Å². The van der Waals surface area contributed by atoms with E-state index >= 15 is 0 Å². The summed E-state index contributed by atoms with van der Waals surface area (Å²) in [4.78, 5) is 13.8. The fourth-order valence-corrected chi connectivity index (χ4v) is 3.40. The van der Waals surface area contributed by atoms with E-state index in [1.54, 1.807) is 24.3 Å². The van der Waals surface area contributed by atoms with Crippen LogP contribution in [0, 0.1) is 10.1 Å². The summed E-state index contributed by atoms with van der Waals surface area (Å²) in [6.45, 7) is 0. The van der Waals surface area contributed by atoms with Crippen molar-refractivity contribution in [3.63, 3.8) is 0 Å². The summed E-state index contributed by atoms with van der Waals surface area (Å²) < 4.78 is 30.1. The number of aromatic nitrogens is 1. The second-order valence-corrected chi connectivity index (χ2v) is 6.69. The molecule has 0 saturated carbocycles. The van der Waals surface area contributed by atoms with Gasteiger partial charge in [-0.1, -0.05) is 29.8 Å². The van der Waals surface area contributed by atoms with Gasteiger partial charge in [-0.3, -0.25) is 15.1 Å². The van der Waals surface area contributed by atoms with Gasteiger partial charge in [0.15, 0.2) is 10.6 Å². The van der Waals surface area contributed by atoms with E-state index in [0.717, 1.165) is 12.1 Å². The molecule has 0 amide bonds. The van der Waals surface area contributed by atoms with E-state index in [0.29, 0.717) is 10.9 Å². The molecule has 0 saturated heterocycles. The fourth-order valence-electron chi connectivity index (χ4n) is 2.15. The lowest BCUT2D eigenvalue weighted by Crippen LogP contribution is -2.12. The predicted molar refractivity (Wildman–Crippen MR) is 87.7 cm³/mol. The van der Waals surface area contributed by atoms with Crippen LogP contribution >= 0.6 is 11.6 Å². The number of halogens is 1. The fraction of sp³-hybridized carbons (Fsp3) is 0. The van der Waals surface area contributed by atoms with Crippen molar-refractivity contribution in [1.29, 1.82) is 0 Å². The van der Waals surface area contributed by atoms with Gasteiger partial charge in [-0.25, -0.2) is 0 Å². The highest BCUT2D eigenvalue weighted by atomic mass is 35.5. The average Bonchev–Trinajstić information content (AvgIpc) is 2.54. The summed E-state index contributed by atoms with van der Waals surface area (Å²) in [6, 6.07) is 11.4. The van der Waals surface area contributed by atoms with Gasteiger partial charge in [0.05, 0.1) is 4.92 Å². The first-order valence-corrected chi connectivity index (χ1v) is 8.39. The summed E-state index contributed by atoms with van der Waals surface area (Å²) in [5, 5.41) is 11.8. The second-order valence-electron chi connectivity index (χ2n) is 4.74. The van der Waals surface area contributed by atoms with Crippen LogP contribution in [0.4, 0.5) is 5.69 Å². The Morgan fingerprint density at radius 3 is 2.62 bits per heavy atom. The smallest absolute Gasteiger partial charge is 0.346 e. The zero-order valence-electron chi connectivity index (χ0n) is 11.9. The molecule has 7 nitrogen and oxygen atoms in total. The number of pyridine rings is 1. The SMILES string of the molecule is O=[N+]([O-])c1cc(Cl)ccc1S(=O)(=O)Oc1cccc2cccnc12. The second kappa shape index (κ2) is 6.06. The van der Waals surface area contributed by atoms with E-state index in [9.17, 15) is 18.5 Å². The molecule has 9 heteroatoms. The molecule has 1 aromatic heterocycles. The minimum Gasteiger partial charge on any atom is -0.376 e. The lowest BCUT2D eigenvalue weighted by molar-refractivity contribution is -0.387. The third kappa shape index (κ3) is 3.01. The summed E-state index contributed by atoms with van der Waals surface area (Å²) in [5.74, 6) is -0.0163. The van der Waals surface area contributed by atoms with Crippen LogP contribution in [0.2, 0.25) is 5.02 Å². The Bertz CT molecular complexity index is 1050. The Hall–Kier alpha value is -2.71. The van der Waals surface area contributed by atoms with Gasteiger partial charge in [-0.05, 0) is 24.3 Å². The first kappa shape index (κ1) is 16.2. The first-order valence-electron chi connectivity index (χ1n) is 6.61. The quantitative estimate of drug-likeness (QED) is 0.398. The topological polar surface area (TPSA) is 99.4 Å². The Kier molecular flexibility index (Phi) is 4.08. The lowest BCUT2D eigenvalue weighted by atomic mass is 10.2. The zero-order valence-corrected chi connectivity index (χ0v) is 13.5. The average molecular weight is 365 g/mol. The van der Waals surface area contributed by atoms with Crippen molar-refractivity contribution >= 4 is 38.3 Å². The van der Waals surface area contributed by atoms with Crippen LogP contribution in [0.25, 0.3) is 10.9 Å². The minimum absolute atomic E-state index is 0.0163. The molecule has 122 valence electrons. The van der Waals surface area contributed by atoms with E-state index < -0.39 is 25.6 Å². The van der Waals surface area contributed by atoms with Crippen molar-refractivity contribution < 1.29 is 17.5 Å². The largest absolute Gasteiger partial charge is 0.376 e. The van der Waals surface area contributed by atoms with Crippen LogP contribution < -0.4 is 4.18 Å². The zero-order chi connectivity index (χ0) is 17.3. The molecule has 0 atom stereocenters. The maximum atomic E-state index is 12.5. The number of rotatable bonds is 4. The first-order chi connectivity index (χ1) is 11.4. The molecule has 0 aliphatic carbocycles. The maximum Gasteiger partial charge on any atom is 0.346 e. The molecule has 0 aliphatic heterocycles. The van der Waals surface area contributed by atoms with Crippen LogP contribution in [-0.2, 0) is 10.1 Å². The number of nitro benzene ring substituents is 1. The molecule has 0 aliphatic rings. The molecule has 0 bridgehead atoms. The molecule has 0 fully saturated rings. The lowest BCUT2D eigenvalue weighted by Gasteiger charge is -2.09. The number of nitrogens with zero attached hydrogens (tertiary/aromatic N) is 2. The van der Waals surface area contributed by atoms with Crippen LogP contribution in [0.3, 0.4) is 0 Å². The van der Waals surface area contributed by atoms with Crippen molar-refractivity contribution in [3.05, 3.63) is 69.9 Å². The number of nitro groups is 1. The number of hydrogen-bond acceptors (Lipinski definition) is 6. The van der Waals surface area contributed by atoms with E-state index in [1.165, 1.54) is 18.3 Å². The highest BCUT2D eigenvalue weighted by molar-refractivity contribution is 7.87. The van der Waals surface area contributed by atoms with Gasteiger partial charge >= 0.3 is 10.1 Å². The molecule has 1 heterocycles. The van der Waals surface area contributed by atoms with Gasteiger partial charge in [-0.2, -0.15) is 8.42 Å². The van der Waals surface area contributed by atoms with Crippen molar-refractivity contribution in [2.24, 2.45) is 0 Å². The molecule has 0 N–H and O–H groups in total. The number of para-hydroxylation sites is 1. The van der Waals surface area contributed by atoms with Crippen LogP contribution in [0.1, 0.15) is 0 Å². The molecule has 0 radical (unpaired) electrons. The van der Waals surface area contributed by atoms with Crippen LogP contribution in [0.15, 0.2) is 59.6 Å².